The molecular weight excluding hydrogens is 278 g/mol. The van der Waals surface area contributed by atoms with E-state index in [1.807, 2.05) is 0 Å². The van der Waals surface area contributed by atoms with Gasteiger partial charge in [-0.1, -0.05) is 15.9 Å². The molecule has 0 saturated carbocycles. The van der Waals surface area contributed by atoms with Crippen molar-refractivity contribution >= 4 is 27.5 Å². The Balaban J connectivity index is 2.53. The molecule has 0 fully saturated rings. The lowest BCUT2D eigenvalue weighted by atomic mass is 10.1. The van der Waals surface area contributed by atoms with Gasteiger partial charge in [-0.05, 0) is 12.1 Å². The lowest BCUT2D eigenvalue weighted by molar-refractivity contribution is -0.385. The van der Waals surface area contributed by atoms with E-state index in [0.717, 1.165) is 0 Å². The first-order chi connectivity index (χ1) is 7.59. The van der Waals surface area contributed by atoms with Crippen LogP contribution in [-0.2, 0) is 0 Å². The van der Waals surface area contributed by atoms with Crippen molar-refractivity contribution in [3.05, 3.63) is 43.6 Å². The third-order valence-electron chi connectivity index (χ3n) is 2.20. The Morgan fingerprint density at radius 1 is 1.50 bits per heavy atom. The van der Waals surface area contributed by atoms with Gasteiger partial charge in [-0.2, -0.15) is 0 Å². The number of nitro groups is 1. The summed E-state index contributed by atoms with van der Waals surface area (Å²) in [6.07, 6.45) is 0. The number of nitrogens with zero attached hydrogens (tertiary/aromatic N) is 3. The fourth-order valence-corrected chi connectivity index (χ4v) is 1.86. The molecule has 1 aliphatic heterocycles. The molecule has 1 aromatic carbocycles. The van der Waals surface area contributed by atoms with E-state index in [9.17, 15) is 15.3 Å². The maximum absolute atomic E-state index is 11.4. The Morgan fingerprint density at radius 3 is 2.81 bits per heavy atom. The molecule has 1 aromatic rings. The van der Waals surface area contributed by atoms with Crippen LogP contribution in [0.2, 0.25) is 0 Å². The minimum absolute atomic E-state index is 0.107. The van der Waals surface area contributed by atoms with E-state index in [2.05, 4.69) is 20.9 Å². The van der Waals surface area contributed by atoms with Gasteiger partial charge in [-0.15, -0.1) is 0 Å². The Kier molecular flexibility index (Phi) is 2.88. The average molecular weight is 285 g/mol. The van der Waals surface area contributed by atoms with E-state index in [1.165, 1.54) is 12.1 Å². The van der Waals surface area contributed by atoms with Crippen molar-refractivity contribution in [1.29, 1.82) is 0 Å². The SMILES string of the molecule is O=[N+]([O-])c1ccc(Br)cc1C1=NCCN1[O-]. The molecular formula is C9H7BrN3O3-. The van der Waals surface area contributed by atoms with Crippen LogP contribution in [-0.4, -0.2) is 28.9 Å². The largest absolute Gasteiger partial charge is 0.757 e. The Bertz CT molecular complexity index is 475. The van der Waals surface area contributed by atoms with Crippen LogP contribution in [0.1, 0.15) is 5.56 Å². The average Bonchev–Trinajstić information content (AvgIpc) is 2.63. The number of hydrogen-bond acceptors (Lipinski definition) is 5. The van der Waals surface area contributed by atoms with Gasteiger partial charge in [0, 0.05) is 17.1 Å². The summed E-state index contributed by atoms with van der Waals surface area (Å²) in [7, 11) is 0. The van der Waals surface area contributed by atoms with Gasteiger partial charge in [-0.25, -0.2) is 0 Å². The fourth-order valence-electron chi connectivity index (χ4n) is 1.50. The predicted molar refractivity (Wildman–Crippen MR) is 62.3 cm³/mol. The summed E-state index contributed by atoms with van der Waals surface area (Å²) >= 11 is 3.21. The highest BCUT2D eigenvalue weighted by Crippen LogP contribution is 2.25. The Morgan fingerprint density at radius 2 is 2.25 bits per heavy atom. The molecule has 7 heteroatoms. The molecule has 84 valence electrons. The van der Waals surface area contributed by atoms with Crippen molar-refractivity contribution in [2.24, 2.45) is 4.99 Å². The van der Waals surface area contributed by atoms with Gasteiger partial charge in [0.2, 0.25) is 0 Å². The highest BCUT2D eigenvalue weighted by molar-refractivity contribution is 9.10. The summed E-state index contributed by atoms with van der Waals surface area (Å²) in [5.74, 6) is 0.132. The molecule has 0 unspecified atom stereocenters. The normalized spacial score (nSPS) is 15.1. The molecule has 16 heavy (non-hydrogen) atoms. The van der Waals surface area contributed by atoms with E-state index in [0.29, 0.717) is 16.1 Å². The summed E-state index contributed by atoms with van der Waals surface area (Å²) in [5, 5.41) is 22.9. The predicted octanol–water partition coefficient (Wildman–Crippen LogP) is 1.92. The number of hydroxylamine groups is 2. The van der Waals surface area contributed by atoms with E-state index >= 15 is 0 Å². The standard InChI is InChI=1S/C9H7BrN3O3/c10-6-1-2-8(13(15)16)7(5-6)9-11-3-4-12(9)14/h1-2,5H,3-4H2/q-1. The van der Waals surface area contributed by atoms with Crippen LogP contribution in [0.4, 0.5) is 5.69 Å². The van der Waals surface area contributed by atoms with Crippen molar-refractivity contribution < 1.29 is 4.92 Å². The molecule has 0 spiro atoms. The van der Waals surface area contributed by atoms with Gasteiger partial charge in [0.25, 0.3) is 5.69 Å². The molecule has 0 aliphatic carbocycles. The summed E-state index contributed by atoms with van der Waals surface area (Å²) in [5.41, 5.74) is 0.150. The molecule has 1 heterocycles. The van der Waals surface area contributed by atoms with E-state index in [1.54, 1.807) is 6.07 Å². The molecule has 2 rings (SSSR count). The monoisotopic (exact) mass is 284 g/mol. The molecule has 0 radical (unpaired) electrons. The van der Waals surface area contributed by atoms with E-state index < -0.39 is 4.92 Å². The van der Waals surface area contributed by atoms with Crippen LogP contribution in [0.5, 0.6) is 0 Å². The number of nitro benzene ring substituents is 1. The smallest absolute Gasteiger partial charge is 0.280 e. The molecule has 1 aliphatic rings. The Labute approximate surface area is 99.4 Å². The number of hydrogen-bond donors (Lipinski definition) is 0. The summed E-state index contributed by atoms with van der Waals surface area (Å²) in [6.45, 7) is 0.626. The molecule has 0 bridgehead atoms. The summed E-state index contributed by atoms with van der Waals surface area (Å²) < 4.78 is 0.677. The van der Waals surface area contributed by atoms with E-state index in [-0.39, 0.29) is 23.6 Å². The van der Waals surface area contributed by atoms with Gasteiger partial charge in [0.15, 0.2) is 0 Å². The second-order valence-corrected chi connectivity index (χ2v) is 4.14. The van der Waals surface area contributed by atoms with Crippen molar-refractivity contribution in [2.75, 3.05) is 13.1 Å². The first-order valence-corrected chi connectivity index (χ1v) is 5.32. The van der Waals surface area contributed by atoms with Crippen molar-refractivity contribution in [3.8, 4) is 0 Å². The Hall–Kier alpha value is -1.47. The third kappa shape index (κ3) is 1.91. The first kappa shape index (κ1) is 11.0. The molecule has 0 amide bonds. The van der Waals surface area contributed by atoms with Gasteiger partial charge in [0.05, 0.1) is 17.0 Å². The van der Waals surface area contributed by atoms with Crippen LogP contribution in [0.3, 0.4) is 0 Å². The molecule has 0 saturated heterocycles. The molecule has 0 atom stereocenters. The lowest BCUT2D eigenvalue weighted by Crippen LogP contribution is -2.22. The van der Waals surface area contributed by atoms with Crippen LogP contribution in [0, 0.1) is 15.3 Å². The quantitative estimate of drug-likeness (QED) is 0.614. The van der Waals surface area contributed by atoms with Crippen molar-refractivity contribution in [3.63, 3.8) is 0 Å². The second kappa shape index (κ2) is 4.18. The highest BCUT2D eigenvalue weighted by Gasteiger charge is 2.21. The zero-order chi connectivity index (χ0) is 11.7. The number of aliphatic imine (C=N–C) groups is 1. The summed E-state index contributed by atoms with van der Waals surface area (Å²) in [4.78, 5) is 14.3. The number of benzene rings is 1. The van der Waals surface area contributed by atoms with Crippen molar-refractivity contribution in [2.45, 2.75) is 0 Å². The highest BCUT2D eigenvalue weighted by atomic mass is 79.9. The van der Waals surface area contributed by atoms with Gasteiger partial charge < -0.3 is 10.3 Å². The third-order valence-corrected chi connectivity index (χ3v) is 2.69. The van der Waals surface area contributed by atoms with Gasteiger partial charge in [0.1, 0.15) is 5.84 Å². The van der Waals surface area contributed by atoms with Crippen LogP contribution in [0.15, 0.2) is 27.7 Å². The topological polar surface area (TPSA) is 81.8 Å². The van der Waals surface area contributed by atoms with Gasteiger partial charge >= 0.3 is 0 Å². The maximum Gasteiger partial charge on any atom is 0.280 e. The van der Waals surface area contributed by atoms with Crippen LogP contribution < -0.4 is 0 Å². The van der Waals surface area contributed by atoms with E-state index in [4.69, 9.17) is 0 Å². The minimum atomic E-state index is -0.517. The zero-order valence-corrected chi connectivity index (χ0v) is 9.68. The number of rotatable bonds is 2. The maximum atomic E-state index is 11.4. The van der Waals surface area contributed by atoms with Crippen LogP contribution >= 0.6 is 15.9 Å². The number of halogens is 1. The fraction of sp³-hybridized carbons (Fsp3) is 0.222. The zero-order valence-electron chi connectivity index (χ0n) is 8.09. The second-order valence-electron chi connectivity index (χ2n) is 3.23. The van der Waals surface area contributed by atoms with Crippen molar-refractivity contribution in [1.82, 2.24) is 5.06 Å². The van der Waals surface area contributed by atoms with Crippen LogP contribution in [0.25, 0.3) is 0 Å². The first-order valence-electron chi connectivity index (χ1n) is 4.53. The summed E-state index contributed by atoms with van der Waals surface area (Å²) in [6, 6.07) is 4.45. The minimum Gasteiger partial charge on any atom is -0.757 e. The number of amidine groups is 1. The molecule has 0 N–H and O–H groups in total. The lowest BCUT2D eigenvalue weighted by Gasteiger charge is -2.25. The molecule has 0 aromatic heterocycles. The van der Waals surface area contributed by atoms with Gasteiger partial charge in [-0.3, -0.25) is 15.1 Å². The molecule has 6 nitrogen and oxygen atoms in total.